The van der Waals surface area contributed by atoms with Crippen LogP contribution in [0.1, 0.15) is 5.56 Å². The maximum atomic E-state index is 14.0. The van der Waals surface area contributed by atoms with E-state index in [0.29, 0.717) is 5.56 Å². The van der Waals surface area contributed by atoms with Crippen molar-refractivity contribution in [2.45, 2.75) is 4.90 Å². The Morgan fingerprint density at radius 3 is 2.59 bits per heavy atom. The van der Waals surface area contributed by atoms with Gasteiger partial charge in [0.25, 0.3) is 10.0 Å². The van der Waals surface area contributed by atoms with Gasteiger partial charge in [-0.15, -0.1) is 0 Å². The van der Waals surface area contributed by atoms with E-state index in [9.17, 15) is 12.8 Å². The van der Waals surface area contributed by atoms with Crippen molar-refractivity contribution in [3.8, 4) is 11.3 Å². The van der Waals surface area contributed by atoms with Crippen molar-refractivity contribution in [2.24, 2.45) is 0 Å². The van der Waals surface area contributed by atoms with Crippen molar-refractivity contribution in [1.82, 2.24) is 8.96 Å². The number of hydrogen-bond donors (Lipinski definition) is 0. The lowest BCUT2D eigenvalue weighted by atomic mass is 10.1. The van der Waals surface area contributed by atoms with Gasteiger partial charge >= 0.3 is 0 Å². The van der Waals surface area contributed by atoms with E-state index in [1.54, 1.807) is 12.1 Å². The normalized spacial score (nSPS) is 11.5. The molecule has 0 aliphatic rings. The molecule has 0 amide bonds. The van der Waals surface area contributed by atoms with E-state index >= 15 is 0 Å². The van der Waals surface area contributed by atoms with E-state index in [2.05, 4.69) is 11.9 Å². The Morgan fingerprint density at radius 2 is 1.91 bits per heavy atom. The minimum atomic E-state index is -3.87. The first-order chi connectivity index (χ1) is 10.5. The summed E-state index contributed by atoms with van der Waals surface area (Å²) in [5.74, 6) is -0.497. The number of hydrogen-bond acceptors (Lipinski definition) is 3. The summed E-state index contributed by atoms with van der Waals surface area (Å²) in [5.41, 5.74) is 0.905. The van der Waals surface area contributed by atoms with Crippen LogP contribution in [0.15, 0.2) is 66.0 Å². The summed E-state index contributed by atoms with van der Waals surface area (Å²) in [7, 11) is -3.87. The van der Waals surface area contributed by atoms with Gasteiger partial charge in [-0.2, -0.15) is 0 Å². The van der Waals surface area contributed by atoms with Gasteiger partial charge in [0.15, 0.2) is 0 Å². The fourth-order valence-corrected chi connectivity index (χ4v) is 3.53. The number of pyridine rings is 1. The second-order valence-corrected chi connectivity index (χ2v) is 6.52. The molecule has 2 aromatic heterocycles. The SMILES string of the molecule is [CH2]c1cc(-c2ccccc2F)n(S(=O)(=O)c2cccnc2)c1. The van der Waals surface area contributed by atoms with E-state index in [4.69, 9.17) is 0 Å². The van der Waals surface area contributed by atoms with Crippen LogP contribution in [0.5, 0.6) is 0 Å². The van der Waals surface area contributed by atoms with Crippen LogP contribution < -0.4 is 0 Å². The van der Waals surface area contributed by atoms with Gasteiger partial charge in [-0.1, -0.05) is 12.1 Å². The van der Waals surface area contributed by atoms with Crippen LogP contribution in [0.3, 0.4) is 0 Å². The summed E-state index contributed by atoms with van der Waals surface area (Å²) >= 11 is 0. The Labute approximate surface area is 127 Å². The fourth-order valence-electron chi connectivity index (χ4n) is 2.17. The molecule has 111 valence electrons. The molecular weight excluding hydrogens is 303 g/mol. The first-order valence-electron chi connectivity index (χ1n) is 6.45. The number of nitrogens with zero attached hydrogens (tertiary/aromatic N) is 2. The quantitative estimate of drug-likeness (QED) is 0.746. The van der Waals surface area contributed by atoms with E-state index in [-0.39, 0.29) is 16.2 Å². The lowest BCUT2D eigenvalue weighted by Crippen LogP contribution is -2.13. The largest absolute Gasteiger partial charge is 0.269 e. The molecule has 0 aliphatic heterocycles. The molecule has 0 bridgehead atoms. The fraction of sp³-hybridized carbons (Fsp3) is 0. The summed E-state index contributed by atoms with van der Waals surface area (Å²) in [5, 5.41) is 0. The highest BCUT2D eigenvalue weighted by Gasteiger charge is 2.22. The van der Waals surface area contributed by atoms with Gasteiger partial charge in [0.05, 0.1) is 5.69 Å². The van der Waals surface area contributed by atoms with Crippen LogP contribution in [-0.2, 0) is 10.0 Å². The minimum absolute atomic E-state index is 0.0307. The third-order valence-electron chi connectivity index (χ3n) is 3.18. The first-order valence-corrected chi connectivity index (χ1v) is 7.89. The zero-order valence-electron chi connectivity index (χ0n) is 11.5. The molecule has 0 fully saturated rings. The van der Waals surface area contributed by atoms with Crippen molar-refractivity contribution in [3.05, 3.63) is 79.4 Å². The third-order valence-corrected chi connectivity index (χ3v) is 4.84. The Balaban J connectivity index is 2.24. The van der Waals surface area contributed by atoms with Gasteiger partial charge in [0.1, 0.15) is 10.7 Å². The van der Waals surface area contributed by atoms with Crippen LogP contribution in [0.25, 0.3) is 11.3 Å². The van der Waals surface area contributed by atoms with Crippen LogP contribution in [-0.4, -0.2) is 17.4 Å². The minimum Gasteiger partial charge on any atom is -0.263 e. The summed E-state index contributed by atoms with van der Waals surface area (Å²) in [4.78, 5) is 3.85. The Bertz CT molecular complexity index is 918. The molecular formula is C16H12FN2O2S. The first kappa shape index (κ1) is 14.5. The number of aromatic nitrogens is 2. The predicted octanol–water partition coefficient (Wildman–Crippen LogP) is 3.11. The summed E-state index contributed by atoms with van der Waals surface area (Å²) in [6.07, 6.45) is 4.10. The highest BCUT2D eigenvalue weighted by Crippen LogP contribution is 2.28. The zero-order valence-corrected chi connectivity index (χ0v) is 12.3. The van der Waals surface area contributed by atoms with Gasteiger partial charge in [-0.25, -0.2) is 16.8 Å². The average molecular weight is 315 g/mol. The molecule has 2 heterocycles. The number of rotatable bonds is 3. The standard InChI is InChI=1S/C16H12FN2O2S/c1-12-9-16(14-6-2-3-7-15(14)17)19(11-12)22(20,21)13-5-4-8-18-10-13/h2-11H,1H2. The average Bonchev–Trinajstić information content (AvgIpc) is 2.91. The summed E-state index contributed by atoms with van der Waals surface area (Å²) in [6.45, 7) is 3.74. The number of halogens is 1. The zero-order chi connectivity index (χ0) is 15.7. The van der Waals surface area contributed by atoms with Gasteiger partial charge in [0, 0.05) is 24.2 Å². The van der Waals surface area contributed by atoms with E-state index in [1.807, 2.05) is 0 Å². The molecule has 0 unspecified atom stereocenters. The molecule has 4 nitrogen and oxygen atoms in total. The number of benzene rings is 1. The van der Waals surface area contributed by atoms with Crippen LogP contribution in [0.4, 0.5) is 4.39 Å². The smallest absolute Gasteiger partial charge is 0.263 e. The molecule has 3 aromatic rings. The molecule has 0 spiro atoms. The van der Waals surface area contributed by atoms with Crippen molar-refractivity contribution < 1.29 is 12.8 Å². The molecule has 6 heteroatoms. The van der Waals surface area contributed by atoms with Crippen molar-refractivity contribution in [1.29, 1.82) is 0 Å². The van der Waals surface area contributed by atoms with Gasteiger partial charge < -0.3 is 0 Å². The predicted molar refractivity (Wildman–Crippen MR) is 81.1 cm³/mol. The summed E-state index contributed by atoms with van der Waals surface area (Å²) < 4.78 is 40.5. The Morgan fingerprint density at radius 1 is 1.14 bits per heavy atom. The molecule has 22 heavy (non-hydrogen) atoms. The van der Waals surface area contributed by atoms with E-state index < -0.39 is 15.8 Å². The maximum Gasteiger partial charge on any atom is 0.269 e. The van der Waals surface area contributed by atoms with Crippen molar-refractivity contribution >= 4 is 10.0 Å². The van der Waals surface area contributed by atoms with Crippen molar-refractivity contribution in [2.75, 3.05) is 0 Å². The third kappa shape index (κ3) is 2.42. The van der Waals surface area contributed by atoms with Gasteiger partial charge in [-0.3, -0.25) is 4.98 Å². The van der Waals surface area contributed by atoms with Gasteiger partial charge in [0.2, 0.25) is 0 Å². The Hall–Kier alpha value is -2.47. The monoisotopic (exact) mass is 315 g/mol. The van der Waals surface area contributed by atoms with Crippen LogP contribution in [0.2, 0.25) is 0 Å². The molecule has 1 aromatic carbocycles. The highest BCUT2D eigenvalue weighted by atomic mass is 32.2. The molecule has 3 rings (SSSR count). The molecule has 0 saturated carbocycles. The topological polar surface area (TPSA) is 52.0 Å². The molecule has 0 saturated heterocycles. The Kier molecular flexibility index (Phi) is 3.54. The van der Waals surface area contributed by atoms with Crippen LogP contribution >= 0.6 is 0 Å². The van der Waals surface area contributed by atoms with E-state index in [0.717, 1.165) is 3.97 Å². The molecule has 0 aliphatic carbocycles. The highest BCUT2D eigenvalue weighted by molar-refractivity contribution is 7.90. The van der Waals surface area contributed by atoms with Crippen LogP contribution in [0, 0.1) is 12.7 Å². The second kappa shape index (κ2) is 5.38. The van der Waals surface area contributed by atoms with Gasteiger partial charge in [-0.05, 0) is 42.8 Å². The molecule has 0 atom stereocenters. The maximum absolute atomic E-state index is 14.0. The van der Waals surface area contributed by atoms with E-state index in [1.165, 1.54) is 48.9 Å². The summed E-state index contributed by atoms with van der Waals surface area (Å²) in [6, 6.07) is 10.5. The lowest BCUT2D eigenvalue weighted by molar-refractivity contribution is 0.587. The molecule has 1 radical (unpaired) electrons. The molecule has 0 N–H and O–H groups in total. The second-order valence-electron chi connectivity index (χ2n) is 4.70. The lowest BCUT2D eigenvalue weighted by Gasteiger charge is -2.10. The van der Waals surface area contributed by atoms with Crippen molar-refractivity contribution in [3.63, 3.8) is 0 Å².